The van der Waals surface area contributed by atoms with Crippen molar-refractivity contribution in [3.05, 3.63) is 95.4 Å². The fourth-order valence-electron chi connectivity index (χ4n) is 8.39. The van der Waals surface area contributed by atoms with Gasteiger partial charge in [0.15, 0.2) is 0 Å². The summed E-state index contributed by atoms with van der Waals surface area (Å²) in [5.74, 6) is -0.868. The number of amides is 4. The molecule has 5 N–H and O–H groups in total. The number of anilines is 2. The van der Waals surface area contributed by atoms with Crippen LogP contribution >= 0.6 is 11.3 Å². The molecule has 0 spiro atoms. The lowest BCUT2D eigenvalue weighted by Crippen LogP contribution is -2.58. The van der Waals surface area contributed by atoms with Crippen LogP contribution in [-0.2, 0) is 14.4 Å². The summed E-state index contributed by atoms with van der Waals surface area (Å²) in [5, 5.41) is 26.5. The van der Waals surface area contributed by atoms with Gasteiger partial charge in [0.1, 0.15) is 23.5 Å². The molecule has 0 unspecified atom stereocenters. The number of ether oxygens (including phenoxy) is 1. The van der Waals surface area contributed by atoms with Gasteiger partial charge in [-0.25, -0.2) is 9.97 Å². The summed E-state index contributed by atoms with van der Waals surface area (Å²) in [6, 6.07) is 18.6. The van der Waals surface area contributed by atoms with Gasteiger partial charge in [-0.2, -0.15) is 5.10 Å². The fourth-order valence-corrected chi connectivity index (χ4v) is 9.20. The minimum Gasteiger partial charge on any atom is -0.494 e. The molecule has 338 valence electrons. The minimum absolute atomic E-state index is 0.00127. The Bertz CT molecular complexity index is 2430. The first-order valence-electron chi connectivity index (χ1n) is 21.6. The quantitative estimate of drug-likeness (QED) is 0.0953. The molecule has 2 saturated heterocycles. The number of H-pyrrole nitrogens is 1. The number of thiazole rings is 1. The summed E-state index contributed by atoms with van der Waals surface area (Å²) in [5.41, 5.74) is 7.10. The lowest BCUT2D eigenvalue weighted by Gasteiger charge is -2.41. The van der Waals surface area contributed by atoms with Gasteiger partial charge < -0.3 is 35.6 Å². The standard InChI is InChI=1S/C47H58N10O6S/c1-28-25-55(21-22-56(28)33-15-16-37(40(23-33)63-7)52-44(60)38-10-8-9-35(51-38)36-17-19-49-54-36)20-18-41(59)53-43(47(4,5)6)46(62)57-26-34(58)24-39(57)45(61)50-29(2)31-11-13-32(14-12-31)42-30(3)48-27-64-42/h8-17,19,23,27-29,34,39,43,58H,18,20-22,24-26H2,1-7H3,(H,49,54)(H,50,61)(H,52,60)(H,53,59)/t28-,29-,34+,39-,43+/m0/s1. The van der Waals surface area contributed by atoms with Gasteiger partial charge >= 0.3 is 0 Å². The number of nitrogens with zero attached hydrogens (tertiary/aromatic N) is 6. The van der Waals surface area contributed by atoms with Crippen molar-refractivity contribution in [3.63, 3.8) is 0 Å². The van der Waals surface area contributed by atoms with E-state index in [-0.39, 0.29) is 54.9 Å². The molecule has 17 heteroatoms. The lowest BCUT2D eigenvalue weighted by molar-refractivity contribution is -0.144. The van der Waals surface area contributed by atoms with E-state index in [1.54, 1.807) is 48.9 Å². The van der Waals surface area contributed by atoms with Gasteiger partial charge in [-0.3, -0.25) is 29.2 Å². The van der Waals surface area contributed by atoms with Crippen molar-refractivity contribution >= 4 is 46.3 Å². The van der Waals surface area contributed by atoms with Gasteiger partial charge in [0.2, 0.25) is 17.7 Å². The van der Waals surface area contributed by atoms with E-state index >= 15 is 0 Å². The Morgan fingerprint density at radius 3 is 2.47 bits per heavy atom. The first kappa shape index (κ1) is 45.8. The topological polar surface area (TPSA) is 198 Å². The molecule has 0 aliphatic carbocycles. The van der Waals surface area contributed by atoms with Crippen molar-refractivity contribution in [1.82, 2.24) is 40.6 Å². The van der Waals surface area contributed by atoms with E-state index < -0.39 is 29.5 Å². The number of carbonyl (C=O) groups is 4. The predicted octanol–water partition coefficient (Wildman–Crippen LogP) is 5.44. The number of benzene rings is 2. The van der Waals surface area contributed by atoms with Gasteiger partial charge in [-0.15, -0.1) is 11.3 Å². The van der Waals surface area contributed by atoms with Crippen molar-refractivity contribution in [2.75, 3.05) is 50.1 Å². The molecule has 3 aromatic heterocycles. The number of piperazine rings is 1. The van der Waals surface area contributed by atoms with Crippen LogP contribution < -0.4 is 25.6 Å². The average molecular weight is 891 g/mol. The van der Waals surface area contributed by atoms with Crippen LogP contribution in [-0.4, -0.2) is 123 Å². The number of methoxy groups -OCH3 is 1. The predicted molar refractivity (Wildman–Crippen MR) is 247 cm³/mol. The summed E-state index contributed by atoms with van der Waals surface area (Å²) >= 11 is 1.58. The molecule has 5 atom stereocenters. The van der Waals surface area contributed by atoms with Crippen LogP contribution in [0.4, 0.5) is 11.4 Å². The van der Waals surface area contributed by atoms with E-state index in [0.29, 0.717) is 49.0 Å². The second-order valence-corrected chi connectivity index (χ2v) is 18.5. The summed E-state index contributed by atoms with van der Waals surface area (Å²) in [4.78, 5) is 70.6. The number of pyridine rings is 1. The second-order valence-electron chi connectivity index (χ2n) is 17.7. The number of aromatic amines is 1. The summed E-state index contributed by atoms with van der Waals surface area (Å²) in [7, 11) is 1.56. The van der Waals surface area contributed by atoms with E-state index in [0.717, 1.165) is 27.4 Å². The Morgan fingerprint density at radius 2 is 1.80 bits per heavy atom. The summed E-state index contributed by atoms with van der Waals surface area (Å²) in [6.45, 7) is 14.2. The first-order chi connectivity index (χ1) is 30.6. The number of aromatic nitrogens is 4. The Hall–Kier alpha value is -6.17. The minimum atomic E-state index is -0.914. The van der Waals surface area contributed by atoms with E-state index in [1.807, 2.05) is 82.6 Å². The van der Waals surface area contributed by atoms with E-state index in [9.17, 15) is 24.3 Å². The fraction of sp³-hybridized carbons (Fsp3) is 0.426. The van der Waals surface area contributed by atoms with E-state index in [2.05, 4.69) is 52.8 Å². The Kier molecular flexibility index (Phi) is 14.1. The SMILES string of the molecule is COc1cc(N2CCN(CCC(=O)N[C@H](C(=O)N3C[C@H](O)C[C@H]3C(=O)N[C@@H](C)c3ccc(-c4scnc4C)cc3)C(C)(C)C)C[C@@H]2C)ccc1NC(=O)c1cccc(-c2ccn[nH]2)n1. The maximum atomic E-state index is 14.2. The van der Waals surface area contributed by atoms with Gasteiger partial charge in [-0.05, 0) is 67.6 Å². The highest BCUT2D eigenvalue weighted by Gasteiger charge is 2.44. The molecule has 0 bridgehead atoms. The molecule has 5 aromatic rings. The van der Waals surface area contributed by atoms with Crippen LogP contribution in [0, 0.1) is 12.3 Å². The van der Waals surface area contributed by atoms with Crippen molar-refractivity contribution in [2.24, 2.45) is 5.41 Å². The number of β-amino-alcohol motifs (C(OH)–C–C–N with tert-alkyl or cyclic N) is 1. The van der Waals surface area contributed by atoms with Gasteiger partial charge in [0.05, 0.1) is 52.4 Å². The highest BCUT2D eigenvalue weighted by atomic mass is 32.1. The number of rotatable bonds is 14. The highest BCUT2D eigenvalue weighted by molar-refractivity contribution is 7.13. The molecule has 2 aliphatic rings. The van der Waals surface area contributed by atoms with Crippen LogP contribution in [0.25, 0.3) is 21.8 Å². The van der Waals surface area contributed by atoms with Crippen molar-refractivity contribution < 1.29 is 29.0 Å². The molecular formula is C47H58N10O6S. The first-order valence-corrected chi connectivity index (χ1v) is 22.5. The molecule has 2 aliphatic heterocycles. The number of aliphatic hydroxyl groups is 1. The zero-order valence-corrected chi connectivity index (χ0v) is 38.2. The molecule has 2 fully saturated rings. The molecule has 0 radical (unpaired) electrons. The molecule has 5 heterocycles. The number of aryl methyl sites for hydroxylation is 1. The van der Waals surface area contributed by atoms with Gasteiger partial charge in [-0.1, -0.05) is 51.1 Å². The second kappa shape index (κ2) is 19.7. The third-order valence-corrected chi connectivity index (χ3v) is 12.9. The van der Waals surface area contributed by atoms with Crippen LogP contribution in [0.2, 0.25) is 0 Å². The monoisotopic (exact) mass is 890 g/mol. The Morgan fingerprint density at radius 1 is 1.02 bits per heavy atom. The van der Waals surface area contributed by atoms with Crippen LogP contribution in [0.1, 0.15) is 75.2 Å². The lowest BCUT2D eigenvalue weighted by atomic mass is 9.85. The smallest absolute Gasteiger partial charge is 0.274 e. The largest absolute Gasteiger partial charge is 0.494 e. The zero-order valence-electron chi connectivity index (χ0n) is 37.4. The molecule has 64 heavy (non-hydrogen) atoms. The van der Waals surface area contributed by atoms with Crippen LogP contribution in [0.3, 0.4) is 0 Å². The van der Waals surface area contributed by atoms with E-state index in [4.69, 9.17) is 4.74 Å². The van der Waals surface area contributed by atoms with Crippen LogP contribution in [0.15, 0.2) is 78.4 Å². The maximum Gasteiger partial charge on any atom is 0.274 e. The molecule has 2 aromatic carbocycles. The normalized spacial score (nSPS) is 18.9. The highest BCUT2D eigenvalue weighted by Crippen LogP contribution is 2.33. The molecular weight excluding hydrogens is 833 g/mol. The summed E-state index contributed by atoms with van der Waals surface area (Å²) in [6.07, 6.45) is 1.05. The maximum absolute atomic E-state index is 14.2. The number of hydrogen-bond acceptors (Lipinski definition) is 12. The number of nitrogens with one attached hydrogen (secondary N) is 4. The molecule has 7 rings (SSSR count). The summed E-state index contributed by atoms with van der Waals surface area (Å²) < 4.78 is 5.70. The molecule has 0 saturated carbocycles. The average Bonchev–Trinajstić information content (AvgIpc) is 4.07. The number of carbonyl (C=O) groups excluding carboxylic acids is 4. The Labute approximate surface area is 377 Å². The number of likely N-dealkylation sites (tertiary alicyclic amines) is 1. The van der Waals surface area contributed by atoms with E-state index in [1.165, 1.54) is 4.90 Å². The molecule has 4 amide bonds. The zero-order chi connectivity index (χ0) is 45.7. The van der Waals surface area contributed by atoms with Crippen molar-refractivity contribution in [1.29, 1.82) is 0 Å². The number of aliphatic hydroxyl groups excluding tert-OH is 1. The Balaban J connectivity index is 0.913. The van der Waals surface area contributed by atoms with Crippen LogP contribution in [0.5, 0.6) is 5.75 Å². The number of hydrogen-bond donors (Lipinski definition) is 5. The van der Waals surface area contributed by atoms with Gasteiger partial charge in [0.25, 0.3) is 5.91 Å². The molecule has 16 nitrogen and oxygen atoms in total. The van der Waals surface area contributed by atoms with Gasteiger partial charge in [0, 0.05) is 69.6 Å². The van der Waals surface area contributed by atoms with Crippen molar-refractivity contribution in [2.45, 2.75) is 84.7 Å². The third kappa shape index (κ3) is 10.6. The third-order valence-electron chi connectivity index (χ3n) is 12.0. The van der Waals surface area contributed by atoms with Crippen molar-refractivity contribution in [3.8, 4) is 27.6 Å².